The monoisotopic (exact) mass is 434 g/mol. The number of fused-ring (bicyclic) bond motifs is 1. The van der Waals surface area contributed by atoms with Gasteiger partial charge in [-0.05, 0) is 36.0 Å². The zero-order valence-corrected chi connectivity index (χ0v) is 17.1. The lowest BCUT2D eigenvalue weighted by Crippen LogP contribution is -2.03. The van der Waals surface area contributed by atoms with Crippen molar-refractivity contribution in [2.75, 3.05) is 14.2 Å². The van der Waals surface area contributed by atoms with Crippen molar-refractivity contribution in [1.82, 2.24) is 24.6 Å². The van der Waals surface area contributed by atoms with Crippen LogP contribution in [0.5, 0.6) is 11.9 Å². The normalized spacial score (nSPS) is 17.2. The topological polar surface area (TPSA) is 98.2 Å². The molecule has 3 aromatic heterocycles. The Kier molecular flexibility index (Phi) is 4.66. The number of nitriles is 1. The van der Waals surface area contributed by atoms with Gasteiger partial charge in [0, 0.05) is 24.2 Å². The Morgan fingerprint density at radius 1 is 1.09 bits per heavy atom. The number of imidazole rings is 1. The van der Waals surface area contributed by atoms with Gasteiger partial charge in [-0.3, -0.25) is 0 Å². The van der Waals surface area contributed by atoms with Gasteiger partial charge in [-0.2, -0.15) is 15.3 Å². The fourth-order valence-corrected chi connectivity index (χ4v) is 3.95. The van der Waals surface area contributed by atoms with Crippen LogP contribution in [0.1, 0.15) is 34.9 Å². The molecule has 1 aliphatic rings. The van der Waals surface area contributed by atoms with Gasteiger partial charge in [0.05, 0.1) is 31.0 Å². The molecule has 3 heterocycles. The number of methoxy groups -OCH3 is 2. The largest absolute Gasteiger partial charge is 0.480 e. The summed E-state index contributed by atoms with van der Waals surface area (Å²) in [6, 6.07) is 6.46. The second-order valence-corrected chi connectivity index (χ2v) is 7.35. The molecule has 1 aromatic carbocycles. The molecule has 4 aromatic rings. The van der Waals surface area contributed by atoms with Gasteiger partial charge in [0.15, 0.2) is 17.3 Å². The number of ether oxygens (including phenoxy) is 2. The lowest BCUT2D eigenvalue weighted by molar-refractivity contribution is 0.353. The molecule has 1 fully saturated rings. The molecule has 2 atom stereocenters. The van der Waals surface area contributed by atoms with Crippen LogP contribution in [0.2, 0.25) is 0 Å². The number of hydrogen-bond donors (Lipinski definition) is 0. The molecule has 0 saturated heterocycles. The molecule has 160 valence electrons. The first-order valence-corrected chi connectivity index (χ1v) is 9.73. The van der Waals surface area contributed by atoms with Crippen LogP contribution in [0.4, 0.5) is 8.78 Å². The summed E-state index contributed by atoms with van der Waals surface area (Å²) >= 11 is 0. The summed E-state index contributed by atoms with van der Waals surface area (Å²) < 4.78 is 40.8. The number of rotatable bonds is 5. The van der Waals surface area contributed by atoms with Crippen LogP contribution in [0, 0.1) is 23.0 Å². The third-order valence-corrected chi connectivity index (χ3v) is 5.59. The minimum atomic E-state index is -1.11. The van der Waals surface area contributed by atoms with Crippen LogP contribution in [0.25, 0.3) is 16.9 Å². The predicted octanol–water partition coefficient (Wildman–Crippen LogP) is 3.62. The van der Waals surface area contributed by atoms with Crippen molar-refractivity contribution >= 4 is 5.65 Å². The number of nitrogens with zero attached hydrogens (tertiary/aromatic N) is 6. The summed E-state index contributed by atoms with van der Waals surface area (Å²) in [5, 5.41) is 13.5. The standard InChI is InChI=1S/C22H16F2N6O2/c1-31-21-16(10-27-22(28-21)32-2)17-8-15(20-26-5-6-30(20)29-17)14-7-13(14)12-4-3-11(9-25)18(23)19(12)24/h3-6,8,10,13-14H,7H2,1-2H3/t13-,14+/m1/s1. The van der Waals surface area contributed by atoms with Gasteiger partial charge in [0.2, 0.25) is 5.88 Å². The van der Waals surface area contributed by atoms with E-state index in [1.165, 1.54) is 26.4 Å². The van der Waals surface area contributed by atoms with E-state index in [4.69, 9.17) is 14.7 Å². The van der Waals surface area contributed by atoms with E-state index in [0.29, 0.717) is 29.2 Å². The van der Waals surface area contributed by atoms with Crippen LogP contribution < -0.4 is 9.47 Å². The van der Waals surface area contributed by atoms with Crippen LogP contribution >= 0.6 is 0 Å². The molecule has 0 radical (unpaired) electrons. The Balaban J connectivity index is 1.58. The number of aromatic nitrogens is 5. The molecule has 1 aliphatic carbocycles. The third kappa shape index (κ3) is 3.10. The smallest absolute Gasteiger partial charge is 0.319 e. The molecule has 0 unspecified atom stereocenters. The Morgan fingerprint density at radius 2 is 1.91 bits per heavy atom. The summed E-state index contributed by atoms with van der Waals surface area (Å²) in [5.74, 6) is -2.12. The summed E-state index contributed by atoms with van der Waals surface area (Å²) in [4.78, 5) is 12.7. The van der Waals surface area contributed by atoms with Crippen molar-refractivity contribution in [3.63, 3.8) is 0 Å². The maximum Gasteiger partial charge on any atom is 0.319 e. The summed E-state index contributed by atoms with van der Waals surface area (Å²) in [5.41, 5.74) is 2.51. The minimum absolute atomic E-state index is 0.0892. The van der Waals surface area contributed by atoms with E-state index in [1.807, 2.05) is 6.07 Å². The highest BCUT2D eigenvalue weighted by molar-refractivity contribution is 5.68. The second-order valence-electron chi connectivity index (χ2n) is 7.35. The molecule has 5 rings (SSSR count). The summed E-state index contributed by atoms with van der Waals surface area (Å²) in [6.45, 7) is 0. The molecule has 0 bridgehead atoms. The fraction of sp³-hybridized carbons (Fsp3) is 0.227. The molecule has 0 spiro atoms. The molecule has 32 heavy (non-hydrogen) atoms. The molecule has 1 saturated carbocycles. The van der Waals surface area contributed by atoms with E-state index in [2.05, 4.69) is 20.1 Å². The van der Waals surface area contributed by atoms with E-state index >= 15 is 0 Å². The van der Waals surface area contributed by atoms with Crippen molar-refractivity contribution in [2.45, 2.75) is 18.3 Å². The first-order valence-electron chi connectivity index (χ1n) is 9.73. The lowest BCUT2D eigenvalue weighted by Gasteiger charge is -2.11. The first kappa shape index (κ1) is 19.8. The Hall–Kier alpha value is -4.13. The van der Waals surface area contributed by atoms with Gasteiger partial charge in [0.25, 0.3) is 0 Å². The van der Waals surface area contributed by atoms with E-state index in [0.717, 1.165) is 5.56 Å². The third-order valence-electron chi connectivity index (χ3n) is 5.59. The molecule has 8 nitrogen and oxygen atoms in total. The molecular formula is C22H16F2N6O2. The quantitative estimate of drug-likeness (QED) is 0.473. The summed E-state index contributed by atoms with van der Waals surface area (Å²) in [7, 11) is 2.95. The fourth-order valence-electron chi connectivity index (χ4n) is 3.95. The van der Waals surface area contributed by atoms with E-state index < -0.39 is 11.6 Å². The van der Waals surface area contributed by atoms with Crippen molar-refractivity contribution in [2.24, 2.45) is 0 Å². The van der Waals surface area contributed by atoms with Gasteiger partial charge < -0.3 is 9.47 Å². The van der Waals surface area contributed by atoms with Gasteiger partial charge in [-0.1, -0.05) is 6.07 Å². The molecular weight excluding hydrogens is 418 g/mol. The summed E-state index contributed by atoms with van der Waals surface area (Å²) in [6.07, 6.45) is 5.50. The average molecular weight is 434 g/mol. The van der Waals surface area contributed by atoms with Crippen molar-refractivity contribution in [3.05, 3.63) is 65.1 Å². The van der Waals surface area contributed by atoms with Crippen LogP contribution in [-0.4, -0.2) is 38.8 Å². The SMILES string of the molecule is COc1ncc(-c2cc([C@H]3C[C@@H]3c3ccc(C#N)c(F)c3F)c3nccn3n2)c(OC)n1. The van der Waals surface area contributed by atoms with Gasteiger partial charge in [-0.25, -0.2) is 23.3 Å². The molecule has 0 N–H and O–H groups in total. The highest BCUT2D eigenvalue weighted by Crippen LogP contribution is 2.56. The Bertz CT molecular complexity index is 1400. The van der Waals surface area contributed by atoms with Crippen molar-refractivity contribution < 1.29 is 18.3 Å². The molecule has 0 aliphatic heterocycles. The van der Waals surface area contributed by atoms with Crippen LogP contribution in [0.15, 0.2) is 36.8 Å². The minimum Gasteiger partial charge on any atom is -0.480 e. The van der Waals surface area contributed by atoms with E-state index in [-0.39, 0.29) is 29.0 Å². The molecule has 0 amide bonds. The second kappa shape index (κ2) is 7.53. The lowest BCUT2D eigenvalue weighted by atomic mass is 10.0. The van der Waals surface area contributed by atoms with E-state index in [9.17, 15) is 8.78 Å². The zero-order chi connectivity index (χ0) is 22.4. The Labute approximate surface area is 181 Å². The number of halogens is 2. The van der Waals surface area contributed by atoms with Crippen molar-refractivity contribution in [3.8, 4) is 29.2 Å². The predicted molar refractivity (Wildman–Crippen MR) is 108 cm³/mol. The van der Waals surface area contributed by atoms with Gasteiger partial charge >= 0.3 is 6.01 Å². The highest BCUT2D eigenvalue weighted by atomic mass is 19.2. The van der Waals surface area contributed by atoms with Gasteiger partial charge in [0.1, 0.15) is 6.07 Å². The average Bonchev–Trinajstić information content (AvgIpc) is 3.46. The first-order chi connectivity index (χ1) is 15.5. The van der Waals surface area contributed by atoms with Crippen molar-refractivity contribution in [1.29, 1.82) is 5.26 Å². The van der Waals surface area contributed by atoms with Crippen LogP contribution in [0.3, 0.4) is 0 Å². The zero-order valence-electron chi connectivity index (χ0n) is 17.1. The van der Waals surface area contributed by atoms with E-state index in [1.54, 1.807) is 29.2 Å². The molecule has 10 heteroatoms. The number of hydrogen-bond acceptors (Lipinski definition) is 7. The maximum absolute atomic E-state index is 14.6. The van der Waals surface area contributed by atoms with Gasteiger partial charge in [-0.15, -0.1) is 0 Å². The number of benzene rings is 1. The maximum atomic E-state index is 14.6. The Morgan fingerprint density at radius 3 is 2.66 bits per heavy atom. The highest BCUT2D eigenvalue weighted by Gasteiger charge is 2.43. The van der Waals surface area contributed by atoms with Crippen LogP contribution in [-0.2, 0) is 0 Å².